The number of carboxylic acids is 1. The molecule has 76 valence electrons. The zero-order valence-corrected chi connectivity index (χ0v) is 8.32. The van der Waals surface area contributed by atoms with Gasteiger partial charge in [0.2, 0.25) is 0 Å². The third kappa shape index (κ3) is 3.35. The fourth-order valence-electron chi connectivity index (χ4n) is 1.60. The molecule has 1 fully saturated rings. The SMILES string of the molecule is CC(C)CCC1CC(C(=O)O)CO1. The van der Waals surface area contributed by atoms with Gasteiger partial charge in [0.05, 0.1) is 18.6 Å². The van der Waals surface area contributed by atoms with Crippen molar-refractivity contribution in [3.05, 3.63) is 0 Å². The summed E-state index contributed by atoms with van der Waals surface area (Å²) < 4.78 is 5.40. The zero-order chi connectivity index (χ0) is 9.84. The van der Waals surface area contributed by atoms with E-state index in [9.17, 15) is 4.79 Å². The number of ether oxygens (including phenoxy) is 1. The molecule has 0 aromatic carbocycles. The van der Waals surface area contributed by atoms with Gasteiger partial charge in [-0.3, -0.25) is 4.79 Å². The van der Waals surface area contributed by atoms with E-state index < -0.39 is 5.97 Å². The number of hydrogen-bond acceptors (Lipinski definition) is 2. The van der Waals surface area contributed by atoms with Crippen molar-refractivity contribution in [3.63, 3.8) is 0 Å². The van der Waals surface area contributed by atoms with Crippen molar-refractivity contribution in [2.24, 2.45) is 11.8 Å². The zero-order valence-electron chi connectivity index (χ0n) is 8.32. The summed E-state index contributed by atoms with van der Waals surface area (Å²) in [6.07, 6.45) is 3.00. The second-order valence-corrected chi connectivity index (χ2v) is 4.20. The molecule has 1 N–H and O–H groups in total. The summed E-state index contributed by atoms with van der Waals surface area (Å²) >= 11 is 0. The average Bonchev–Trinajstić information content (AvgIpc) is 2.48. The maximum Gasteiger partial charge on any atom is 0.308 e. The fourth-order valence-corrected chi connectivity index (χ4v) is 1.60. The lowest BCUT2D eigenvalue weighted by Gasteiger charge is -2.10. The van der Waals surface area contributed by atoms with Crippen LogP contribution in [0.3, 0.4) is 0 Å². The van der Waals surface area contributed by atoms with Crippen molar-refractivity contribution in [1.82, 2.24) is 0 Å². The minimum atomic E-state index is -0.716. The normalized spacial score (nSPS) is 28.2. The van der Waals surface area contributed by atoms with Crippen LogP contribution in [-0.2, 0) is 9.53 Å². The predicted octanol–water partition coefficient (Wildman–Crippen LogP) is 1.91. The largest absolute Gasteiger partial charge is 0.481 e. The van der Waals surface area contributed by atoms with Crippen LogP contribution in [0.25, 0.3) is 0 Å². The molecule has 0 spiro atoms. The molecule has 2 unspecified atom stereocenters. The van der Waals surface area contributed by atoms with E-state index in [2.05, 4.69) is 13.8 Å². The standard InChI is InChI=1S/C10H18O3/c1-7(2)3-4-9-5-8(6-13-9)10(11)12/h7-9H,3-6H2,1-2H3,(H,11,12). The van der Waals surface area contributed by atoms with Crippen LogP contribution in [0.5, 0.6) is 0 Å². The molecule has 1 rings (SSSR count). The molecule has 1 aliphatic heterocycles. The number of carbonyl (C=O) groups is 1. The van der Waals surface area contributed by atoms with Crippen LogP contribution in [0.1, 0.15) is 33.1 Å². The molecule has 0 radical (unpaired) electrons. The lowest BCUT2D eigenvalue weighted by atomic mass is 9.99. The van der Waals surface area contributed by atoms with Crippen molar-refractivity contribution in [2.75, 3.05) is 6.61 Å². The summed E-state index contributed by atoms with van der Waals surface area (Å²) in [5, 5.41) is 8.73. The lowest BCUT2D eigenvalue weighted by Crippen LogP contribution is -2.13. The molecule has 3 nitrogen and oxygen atoms in total. The minimum absolute atomic E-state index is 0.184. The topological polar surface area (TPSA) is 46.5 Å². The quantitative estimate of drug-likeness (QED) is 0.729. The molecule has 0 aliphatic carbocycles. The number of hydrogen-bond donors (Lipinski definition) is 1. The van der Waals surface area contributed by atoms with Crippen LogP contribution in [-0.4, -0.2) is 23.8 Å². The fraction of sp³-hybridized carbons (Fsp3) is 0.900. The van der Waals surface area contributed by atoms with E-state index in [1.165, 1.54) is 0 Å². The maximum atomic E-state index is 10.6. The second-order valence-electron chi connectivity index (χ2n) is 4.20. The Kier molecular flexibility index (Phi) is 3.72. The summed E-state index contributed by atoms with van der Waals surface area (Å²) in [7, 11) is 0. The van der Waals surface area contributed by atoms with Crippen LogP contribution in [0.4, 0.5) is 0 Å². The highest BCUT2D eigenvalue weighted by Gasteiger charge is 2.30. The predicted molar refractivity (Wildman–Crippen MR) is 49.6 cm³/mol. The van der Waals surface area contributed by atoms with E-state index in [-0.39, 0.29) is 12.0 Å². The Balaban J connectivity index is 2.21. The first kappa shape index (κ1) is 10.5. The first-order chi connectivity index (χ1) is 6.09. The van der Waals surface area contributed by atoms with Gasteiger partial charge in [-0.05, 0) is 25.2 Å². The van der Waals surface area contributed by atoms with Gasteiger partial charge in [0.1, 0.15) is 0 Å². The highest BCUT2D eigenvalue weighted by atomic mass is 16.5. The van der Waals surface area contributed by atoms with Crippen molar-refractivity contribution in [3.8, 4) is 0 Å². The summed E-state index contributed by atoms with van der Waals surface area (Å²) in [6, 6.07) is 0. The van der Waals surface area contributed by atoms with Gasteiger partial charge in [-0.25, -0.2) is 0 Å². The average molecular weight is 186 g/mol. The molecule has 0 saturated carbocycles. The van der Waals surface area contributed by atoms with Crippen LogP contribution >= 0.6 is 0 Å². The monoisotopic (exact) mass is 186 g/mol. The molecule has 1 saturated heterocycles. The Morgan fingerprint density at radius 2 is 2.31 bits per heavy atom. The molecular formula is C10H18O3. The van der Waals surface area contributed by atoms with Gasteiger partial charge < -0.3 is 9.84 Å². The van der Waals surface area contributed by atoms with Crippen LogP contribution in [0.2, 0.25) is 0 Å². The Labute approximate surface area is 79.1 Å². The van der Waals surface area contributed by atoms with Gasteiger partial charge >= 0.3 is 5.97 Å². The molecule has 3 heteroatoms. The number of aliphatic carboxylic acids is 1. The summed E-state index contributed by atoms with van der Waals surface area (Å²) in [5.41, 5.74) is 0. The summed E-state index contributed by atoms with van der Waals surface area (Å²) in [5.74, 6) is -0.309. The first-order valence-corrected chi connectivity index (χ1v) is 4.94. The van der Waals surface area contributed by atoms with E-state index >= 15 is 0 Å². The van der Waals surface area contributed by atoms with Crippen molar-refractivity contribution >= 4 is 5.97 Å². The van der Waals surface area contributed by atoms with Crippen LogP contribution in [0, 0.1) is 11.8 Å². The highest BCUT2D eigenvalue weighted by molar-refractivity contribution is 5.70. The lowest BCUT2D eigenvalue weighted by molar-refractivity contribution is -0.141. The van der Waals surface area contributed by atoms with Crippen molar-refractivity contribution < 1.29 is 14.6 Å². The van der Waals surface area contributed by atoms with Gasteiger partial charge in [-0.2, -0.15) is 0 Å². The van der Waals surface area contributed by atoms with E-state index in [0.717, 1.165) is 12.8 Å². The molecule has 0 aromatic heterocycles. The number of rotatable bonds is 4. The van der Waals surface area contributed by atoms with Gasteiger partial charge in [0, 0.05) is 0 Å². The number of carboxylic acid groups (broad SMARTS) is 1. The molecule has 1 aliphatic rings. The molecule has 2 atom stereocenters. The second kappa shape index (κ2) is 4.61. The van der Waals surface area contributed by atoms with E-state index in [4.69, 9.17) is 9.84 Å². The summed E-state index contributed by atoms with van der Waals surface area (Å²) in [4.78, 5) is 10.6. The van der Waals surface area contributed by atoms with Gasteiger partial charge in [0.15, 0.2) is 0 Å². The van der Waals surface area contributed by atoms with Crippen molar-refractivity contribution in [1.29, 1.82) is 0 Å². The third-order valence-corrected chi connectivity index (χ3v) is 2.50. The summed E-state index contributed by atoms with van der Waals surface area (Å²) in [6.45, 7) is 4.74. The Morgan fingerprint density at radius 3 is 2.77 bits per heavy atom. The van der Waals surface area contributed by atoms with E-state index in [0.29, 0.717) is 18.9 Å². The van der Waals surface area contributed by atoms with Crippen LogP contribution < -0.4 is 0 Å². The van der Waals surface area contributed by atoms with E-state index in [1.807, 2.05) is 0 Å². The first-order valence-electron chi connectivity index (χ1n) is 4.94. The highest BCUT2D eigenvalue weighted by Crippen LogP contribution is 2.24. The van der Waals surface area contributed by atoms with Gasteiger partial charge in [-0.1, -0.05) is 13.8 Å². The Hall–Kier alpha value is -0.570. The Bertz CT molecular complexity index is 177. The van der Waals surface area contributed by atoms with Crippen LogP contribution in [0.15, 0.2) is 0 Å². The van der Waals surface area contributed by atoms with Gasteiger partial charge in [-0.15, -0.1) is 0 Å². The molecule has 1 heterocycles. The molecule has 0 aromatic rings. The molecule has 0 amide bonds. The molecule has 0 bridgehead atoms. The van der Waals surface area contributed by atoms with Gasteiger partial charge in [0.25, 0.3) is 0 Å². The smallest absolute Gasteiger partial charge is 0.308 e. The Morgan fingerprint density at radius 1 is 1.62 bits per heavy atom. The van der Waals surface area contributed by atoms with Crippen molar-refractivity contribution in [2.45, 2.75) is 39.2 Å². The molecular weight excluding hydrogens is 168 g/mol. The molecule has 13 heavy (non-hydrogen) atoms. The minimum Gasteiger partial charge on any atom is -0.481 e. The maximum absolute atomic E-state index is 10.6. The third-order valence-electron chi connectivity index (χ3n) is 2.50. The van der Waals surface area contributed by atoms with E-state index in [1.54, 1.807) is 0 Å².